The van der Waals surface area contributed by atoms with Gasteiger partial charge in [0.1, 0.15) is 17.2 Å². The first-order valence-corrected chi connectivity index (χ1v) is 7.39. The lowest BCUT2D eigenvalue weighted by molar-refractivity contribution is 0.376. The summed E-state index contributed by atoms with van der Waals surface area (Å²) in [7, 11) is 2.89. The van der Waals surface area contributed by atoms with Crippen molar-refractivity contribution in [1.82, 2.24) is 15.0 Å². The van der Waals surface area contributed by atoms with E-state index in [1.807, 2.05) is 0 Å². The molecule has 2 aromatic carbocycles. The SMILES string of the molecule is COc1ccc(Oc2nc(Oc3ccc(OC)c(F)c3)[nH]c(=O)n2)cc1. The van der Waals surface area contributed by atoms with E-state index in [0.29, 0.717) is 11.5 Å². The zero-order valence-electron chi connectivity index (χ0n) is 13.9. The van der Waals surface area contributed by atoms with Gasteiger partial charge in [0.2, 0.25) is 0 Å². The largest absolute Gasteiger partial charge is 0.497 e. The second kappa shape index (κ2) is 7.51. The predicted molar refractivity (Wildman–Crippen MR) is 88.7 cm³/mol. The second-order valence-electron chi connectivity index (χ2n) is 4.92. The molecule has 0 radical (unpaired) electrons. The maximum atomic E-state index is 13.7. The molecule has 1 N–H and O–H groups in total. The normalized spacial score (nSPS) is 10.3. The van der Waals surface area contributed by atoms with Crippen LogP contribution < -0.4 is 24.6 Å². The lowest BCUT2D eigenvalue weighted by Gasteiger charge is -2.08. The number of H-pyrrole nitrogens is 1. The van der Waals surface area contributed by atoms with Gasteiger partial charge in [-0.25, -0.2) is 9.18 Å². The van der Waals surface area contributed by atoms with Crippen LogP contribution in [0.4, 0.5) is 4.39 Å². The summed E-state index contributed by atoms with van der Waals surface area (Å²) in [5, 5.41) is 0. The molecule has 1 aromatic heterocycles. The Hall–Kier alpha value is -3.62. The van der Waals surface area contributed by atoms with Gasteiger partial charge in [-0.1, -0.05) is 0 Å². The summed E-state index contributed by atoms with van der Waals surface area (Å²) in [6.07, 6.45) is 0. The van der Waals surface area contributed by atoms with E-state index < -0.39 is 11.5 Å². The highest BCUT2D eigenvalue weighted by Gasteiger charge is 2.10. The molecule has 1 heterocycles. The number of halogens is 1. The van der Waals surface area contributed by atoms with Gasteiger partial charge in [-0.15, -0.1) is 9.97 Å². The summed E-state index contributed by atoms with van der Waals surface area (Å²) < 4.78 is 34.4. The van der Waals surface area contributed by atoms with E-state index in [4.69, 9.17) is 18.9 Å². The van der Waals surface area contributed by atoms with Crippen molar-refractivity contribution in [2.24, 2.45) is 0 Å². The molecule has 0 fully saturated rings. The van der Waals surface area contributed by atoms with Crippen molar-refractivity contribution in [2.45, 2.75) is 0 Å². The molecule has 0 amide bonds. The van der Waals surface area contributed by atoms with Gasteiger partial charge in [-0.2, -0.15) is 0 Å². The number of rotatable bonds is 6. The fourth-order valence-electron chi connectivity index (χ4n) is 2.01. The van der Waals surface area contributed by atoms with Crippen LogP contribution in [0.2, 0.25) is 0 Å². The number of aromatic nitrogens is 3. The van der Waals surface area contributed by atoms with E-state index in [0.717, 1.165) is 6.07 Å². The van der Waals surface area contributed by atoms with Crippen LogP contribution in [-0.4, -0.2) is 29.2 Å². The van der Waals surface area contributed by atoms with Crippen LogP contribution in [0.25, 0.3) is 0 Å². The van der Waals surface area contributed by atoms with E-state index >= 15 is 0 Å². The van der Waals surface area contributed by atoms with Crippen LogP contribution in [0.1, 0.15) is 0 Å². The molecule has 26 heavy (non-hydrogen) atoms. The van der Waals surface area contributed by atoms with Gasteiger partial charge in [-0.05, 0) is 36.4 Å². The van der Waals surface area contributed by atoms with Crippen LogP contribution in [0, 0.1) is 5.82 Å². The number of nitrogens with zero attached hydrogens (tertiary/aromatic N) is 2. The van der Waals surface area contributed by atoms with Crippen LogP contribution >= 0.6 is 0 Å². The van der Waals surface area contributed by atoms with E-state index in [1.165, 1.54) is 19.2 Å². The highest BCUT2D eigenvalue weighted by molar-refractivity contribution is 5.35. The molecule has 0 spiro atoms. The fraction of sp³-hybridized carbons (Fsp3) is 0.118. The lowest BCUT2D eigenvalue weighted by Crippen LogP contribution is -2.13. The van der Waals surface area contributed by atoms with E-state index in [9.17, 15) is 9.18 Å². The summed E-state index contributed by atoms with van der Waals surface area (Å²) >= 11 is 0. The van der Waals surface area contributed by atoms with Gasteiger partial charge >= 0.3 is 17.7 Å². The van der Waals surface area contributed by atoms with Gasteiger partial charge in [0.25, 0.3) is 0 Å². The third-order valence-corrected chi connectivity index (χ3v) is 3.21. The molecule has 0 unspecified atom stereocenters. The minimum Gasteiger partial charge on any atom is -0.497 e. The minimum atomic E-state index is -0.729. The van der Waals surface area contributed by atoms with Crippen LogP contribution in [0.15, 0.2) is 47.3 Å². The van der Waals surface area contributed by atoms with E-state index in [1.54, 1.807) is 31.4 Å². The zero-order valence-corrected chi connectivity index (χ0v) is 13.9. The second-order valence-corrected chi connectivity index (χ2v) is 4.92. The Morgan fingerprint density at radius 3 is 2.23 bits per heavy atom. The van der Waals surface area contributed by atoms with Gasteiger partial charge < -0.3 is 18.9 Å². The molecule has 8 nitrogen and oxygen atoms in total. The van der Waals surface area contributed by atoms with Crippen molar-refractivity contribution in [3.8, 4) is 35.0 Å². The molecule has 0 saturated carbocycles. The predicted octanol–water partition coefficient (Wildman–Crippen LogP) is 2.91. The molecule has 0 atom stereocenters. The summed E-state index contributed by atoms with van der Waals surface area (Å²) in [5.41, 5.74) is -0.729. The average molecular weight is 359 g/mol. The van der Waals surface area contributed by atoms with Crippen LogP contribution in [0.3, 0.4) is 0 Å². The molecule has 0 aliphatic carbocycles. The summed E-state index contributed by atoms with van der Waals surface area (Å²) in [5.74, 6) is 0.619. The molecule has 0 aliphatic heterocycles. The van der Waals surface area contributed by atoms with Gasteiger partial charge in [0.05, 0.1) is 14.2 Å². The number of ether oxygens (including phenoxy) is 4. The topological polar surface area (TPSA) is 95.6 Å². The highest BCUT2D eigenvalue weighted by atomic mass is 19.1. The van der Waals surface area contributed by atoms with Crippen molar-refractivity contribution in [2.75, 3.05) is 14.2 Å². The van der Waals surface area contributed by atoms with Gasteiger partial charge in [-0.3, -0.25) is 4.98 Å². The Labute approximate surface area is 147 Å². The molecule has 134 valence electrons. The number of aromatic amines is 1. The molecular weight excluding hydrogens is 345 g/mol. The van der Waals surface area contributed by atoms with Gasteiger partial charge in [0, 0.05) is 6.07 Å². The maximum absolute atomic E-state index is 13.7. The molecular formula is C17H14FN3O5. The number of methoxy groups -OCH3 is 2. The van der Waals surface area contributed by atoms with Crippen molar-refractivity contribution < 1.29 is 23.3 Å². The molecule has 3 rings (SSSR count). The van der Waals surface area contributed by atoms with Crippen molar-refractivity contribution >= 4 is 0 Å². The molecule has 0 bridgehead atoms. The fourth-order valence-corrected chi connectivity index (χ4v) is 2.01. The third-order valence-electron chi connectivity index (χ3n) is 3.21. The molecule has 9 heteroatoms. The standard InChI is InChI=1S/C17H14FN3O5/c1-23-10-3-5-11(6-4-10)25-16-19-15(22)20-17(21-16)26-12-7-8-14(24-2)13(18)9-12/h3-9H,1-2H3,(H,19,20,21,22). The highest BCUT2D eigenvalue weighted by Crippen LogP contribution is 2.26. The Kier molecular flexibility index (Phi) is 4.97. The quantitative estimate of drug-likeness (QED) is 0.723. The first-order chi connectivity index (χ1) is 12.6. The summed E-state index contributed by atoms with van der Waals surface area (Å²) in [4.78, 5) is 21.5. The Morgan fingerprint density at radius 2 is 1.58 bits per heavy atom. The zero-order chi connectivity index (χ0) is 18.5. The van der Waals surface area contributed by atoms with Crippen LogP contribution in [-0.2, 0) is 0 Å². The average Bonchev–Trinajstić information content (AvgIpc) is 2.62. The number of hydrogen-bond donors (Lipinski definition) is 1. The van der Waals surface area contributed by atoms with E-state index in [2.05, 4.69) is 15.0 Å². The lowest BCUT2D eigenvalue weighted by atomic mass is 10.3. The number of benzene rings is 2. The van der Waals surface area contributed by atoms with Crippen molar-refractivity contribution in [3.05, 3.63) is 58.8 Å². The first kappa shape index (κ1) is 17.2. The van der Waals surface area contributed by atoms with Gasteiger partial charge in [0.15, 0.2) is 11.6 Å². The maximum Gasteiger partial charge on any atom is 0.353 e. The molecule has 0 saturated heterocycles. The summed E-state index contributed by atoms with van der Waals surface area (Å²) in [6, 6.07) is 10.2. The smallest absolute Gasteiger partial charge is 0.353 e. The minimum absolute atomic E-state index is 0.0667. The summed E-state index contributed by atoms with van der Waals surface area (Å²) in [6.45, 7) is 0. The number of nitrogens with one attached hydrogen (secondary N) is 1. The third kappa shape index (κ3) is 4.07. The van der Waals surface area contributed by atoms with Crippen molar-refractivity contribution in [1.29, 1.82) is 0 Å². The molecule has 3 aromatic rings. The Bertz CT molecular complexity index is 959. The monoisotopic (exact) mass is 359 g/mol. The van der Waals surface area contributed by atoms with Crippen molar-refractivity contribution in [3.63, 3.8) is 0 Å². The molecule has 0 aliphatic rings. The van der Waals surface area contributed by atoms with Crippen LogP contribution in [0.5, 0.6) is 35.0 Å². The number of hydrogen-bond acceptors (Lipinski definition) is 7. The Balaban J connectivity index is 1.80. The Morgan fingerprint density at radius 1 is 0.885 bits per heavy atom. The first-order valence-electron chi connectivity index (χ1n) is 7.39. The van der Waals surface area contributed by atoms with E-state index in [-0.39, 0.29) is 23.5 Å².